The average molecular weight is 319 g/mol. The molecule has 4 heteroatoms. The molecule has 3 rings (SSSR count). The van der Waals surface area contributed by atoms with Crippen LogP contribution in [0.2, 0.25) is 0 Å². The lowest BCUT2D eigenvalue weighted by molar-refractivity contribution is 0.315. The second-order valence-electron chi connectivity index (χ2n) is 5.88. The molecule has 2 aromatic carbocycles. The number of nitrogens with zero attached hydrogens (tertiary/aromatic N) is 3. The molecule has 4 nitrogen and oxygen atoms in total. The van der Waals surface area contributed by atoms with Crippen molar-refractivity contribution >= 4 is 5.71 Å². The van der Waals surface area contributed by atoms with Crippen LogP contribution < -0.4 is 0 Å². The Morgan fingerprint density at radius 1 is 1.00 bits per heavy atom. The Kier molecular flexibility index (Phi) is 4.47. The molecule has 1 N–H and O–H groups in total. The minimum absolute atomic E-state index is 0.201. The van der Waals surface area contributed by atoms with Crippen molar-refractivity contribution in [3.8, 4) is 11.3 Å². The number of aromatic nitrogens is 2. The van der Waals surface area contributed by atoms with Crippen LogP contribution in [0, 0.1) is 13.8 Å². The van der Waals surface area contributed by atoms with E-state index in [0.717, 1.165) is 28.3 Å². The van der Waals surface area contributed by atoms with Crippen LogP contribution in [0.4, 0.5) is 0 Å². The fourth-order valence-corrected chi connectivity index (χ4v) is 3.21. The molecule has 0 fully saturated rings. The van der Waals surface area contributed by atoms with Gasteiger partial charge in [0.1, 0.15) is 11.9 Å². The van der Waals surface area contributed by atoms with Crippen molar-refractivity contribution in [2.75, 3.05) is 0 Å². The van der Waals surface area contributed by atoms with E-state index < -0.39 is 0 Å². The highest BCUT2D eigenvalue weighted by molar-refractivity contribution is 5.89. The van der Waals surface area contributed by atoms with Gasteiger partial charge in [0.2, 0.25) is 0 Å². The molecule has 0 saturated heterocycles. The first-order chi connectivity index (χ1) is 11.6. The second-order valence-corrected chi connectivity index (χ2v) is 5.88. The van der Waals surface area contributed by atoms with Crippen molar-refractivity contribution in [1.29, 1.82) is 0 Å². The van der Waals surface area contributed by atoms with Gasteiger partial charge in [-0.15, -0.1) is 0 Å². The van der Waals surface area contributed by atoms with Gasteiger partial charge in [-0.3, -0.25) is 0 Å². The third kappa shape index (κ3) is 2.83. The SMILES string of the molecule is CC(=NO)C(c1ccccc1)n1c(C)nc(C)c1-c1ccccc1. The van der Waals surface area contributed by atoms with Gasteiger partial charge in [0.15, 0.2) is 0 Å². The molecular formula is C20H21N3O. The molecule has 1 unspecified atom stereocenters. The van der Waals surface area contributed by atoms with Crippen LogP contribution in [0.1, 0.15) is 30.0 Å². The Morgan fingerprint density at radius 2 is 1.58 bits per heavy atom. The Morgan fingerprint density at radius 3 is 2.17 bits per heavy atom. The molecule has 0 spiro atoms. The number of rotatable bonds is 4. The maximum atomic E-state index is 9.44. The van der Waals surface area contributed by atoms with Crippen molar-refractivity contribution in [1.82, 2.24) is 9.55 Å². The van der Waals surface area contributed by atoms with Gasteiger partial charge in [0.25, 0.3) is 0 Å². The smallest absolute Gasteiger partial charge is 0.107 e. The van der Waals surface area contributed by atoms with Gasteiger partial charge < -0.3 is 9.77 Å². The first-order valence-corrected chi connectivity index (χ1v) is 7.97. The lowest BCUT2D eigenvalue weighted by atomic mass is 10.0. The van der Waals surface area contributed by atoms with E-state index in [1.165, 1.54) is 0 Å². The molecule has 24 heavy (non-hydrogen) atoms. The van der Waals surface area contributed by atoms with Crippen LogP contribution in [0.5, 0.6) is 0 Å². The van der Waals surface area contributed by atoms with Crippen LogP contribution >= 0.6 is 0 Å². The topological polar surface area (TPSA) is 50.4 Å². The average Bonchev–Trinajstić information content (AvgIpc) is 2.91. The minimum atomic E-state index is -0.201. The van der Waals surface area contributed by atoms with Gasteiger partial charge in [0.05, 0.1) is 17.1 Å². The quantitative estimate of drug-likeness (QED) is 0.434. The number of benzene rings is 2. The number of hydrogen-bond acceptors (Lipinski definition) is 3. The summed E-state index contributed by atoms with van der Waals surface area (Å²) in [5.41, 5.74) is 4.79. The number of hydrogen-bond donors (Lipinski definition) is 1. The van der Waals surface area contributed by atoms with E-state index in [4.69, 9.17) is 0 Å². The molecule has 1 heterocycles. The molecule has 122 valence electrons. The van der Waals surface area contributed by atoms with Crippen LogP contribution in [0.3, 0.4) is 0 Å². The Hall–Kier alpha value is -2.88. The van der Waals surface area contributed by atoms with Gasteiger partial charge in [-0.2, -0.15) is 0 Å². The van der Waals surface area contributed by atoms with Gasteiger partial charge in [-0.1, -0.05) is 65.8 Å². The second kappa shape index (κ2) is 6.71. The number of imidazole rings is 1. The van der Waals surface area contributed by atoms with Gasteiger partial charge in [-0.25, -0.2) is 4.98 Å². The van der Waals surface area contributed by atoms with Crippen molar-refractivity contribution in [2.24, 2.45) is 5.16 Å². The monoisotopic (exact) mass is 319 g/mol. The van der Waals surface area contributed by atoms with Gasteiger partial charge in [0, 0.05) is 5.56 Å². The van der Waals surface area contributed by atoms with E-state index >= 15 is 0 Å². The molecule has 3 aromatic rings. The van der Waals surface area contributed by atoms with Crippen LogP contribution in [0.25, 0.3) is 11.3 Å². The minimum Gasteiger partial charge on any atom is -0.411 e. The molecule has 0 aliphatic rings. The summed E-state index contributed by atoms with van der Waals surface area (Å²) in [5.74, 6) is 0.892. The van der Waals surface area contributed by atoms with Gasteiger partial charge in [-0.05, 0) is 26.3 Å². The van der Waals surface area contributed by atoms with E-state index in [0.29, 0.717) is 5.71 Å². The summed E-state index contributed by atoms with van der Waals surface area (Å²) in [6.45, 7) is 5.83. The summed E-state index contributed by atoms with van der Waals surface area (Å²) in [6, 6.07) is 20.1. The zero-order chi connectivity index (χ0) is 17.1. The van der Waals surface area contributed by atoms with E-state index in [2.05, 4.69) is 26.8 Å². The van der Waals surface area contributed by atoms with Crippen LogP contribution in [-0.4, -0.2) is 20.5 Å². The fraction of sp³-hybridized carbons (Fsp3) is 0.200. The molecule has 0 radical (unpaired) electrons. The Labute approximate surface area is 142 Å². The first kappa shape index (κ1) is 16.0. The Balaban J connectivity index is 2.27. The fourth-order valence-electron chi connectivity index (χ4n) is 3.21. The number of oxime groups is 1. The normalized spacial score (nSPS) is 13.0. The molecular weight excluding hydrogens is 298 g/mol. The molecule has 0 aliphatic carbocycles. The van der Waals surface area contributed by atoms with E-state index in [1.54, 1.807) is 0 Å². The largest absolute Gasteiger partial charge is 0.411 e. The van der Waals surface area contributed by atoms with Crippen LogP contribution in [-0.2, 0) is 0 Å². The predicted molar refractivity (Wildman–Crippen MR) is 96.6 cm³/mol. The van der Waals surface area contributed by atoms with Crippen molar-refractivity contribution < 1.29 is 5.21 Å². The lowest BCUT2D eigenvalue weighted by Crippen LogP contribution is -2.21. The highest BCUT2D eigenvalue weighted by atomic mass is 16.4. The van der Waals surface area contributed by atoms with E-state index in [1.807, 2.05) is 69.3 Å². The molecule has 1 aromatic heterocycles. The molecule has 0 bridgehead atoms. The van der Waals surface area contributed by atoms with E-state index in [9.17, 15) is 5.21 Å². The maximum Gasteiger partial charge on any atom is 0.107 e. The first-order valence-electron chi connectivity index (χ1n) is 7.97. The summed E-state index contributed by atoms with van der Waals surface area (Å²) in [6.07, 6.45) is 0. The standard InChI is InChI=1S/C20H21N3O/c1-14-19(17-10-6-4-7-11-17)23(16(3)21-14)20(15(2)22-24)18-12-8-5-9-13-18/h4-13,20,24H,1-3H3. The molecule has 0 amide bonds. The molecule has 0 aliphatic heterocycles. The predicted octanol–water partition coefficient (Wildman–Crippen LogP) is 4.61. The summed E-state index contributed by atoms with van der Waals surface area (Å²) in [7, 11) is 0. The lowest BCUT2D eigenvalue weighted by Gasteiger charge is -2.23. The molecule has 0 saturated carbocycles. The third-order valence-corrected chi connectivity index (χ3v) is 4.24. The summed E-state index contributed by atoms with van der Waals surface area (Å²) in [5, 5.41) is 12.9. The van der Waals surface area contributed by atoms with Gasteiger partial charge >= 0.3 is 0 Å². The summed E-state index contributed by atoms with van der Waals surface area (Å²) in [4.78, 5) is 4.68. The van der Waals surface area contributed by atoms with Crippen molar-refractivity contribution in [3.05, 3.63) is 77.7 Å². The highest BCUT2D eigenvalue weighted by Crippen LogP contribution is 2.32. The zero-order valence-electron chi connectivity index (χ0n) is 14.1. The highest BCUT2D eigenvalue weighted by Gasteiger charge is 2.24. The maximum absolute atomic E-state index is 9.44. The van der Waals surface area contributed by atoms with Crippen molar-refractivity contribution in [2.45, 2.75) is 26.8 Å². The third-order valence-electron chi connectivity index (χ3n) is 4.24. The zero-order valence-corrected chi connectivity index (χ0v) is 14.1. The van der Waals surface area contributed by atoms with Crippen molar-refractivity contribution in [3.63, 3.8) is 0 Å². The number of aryl methyl sites for hydroxylation is 2. The van der Waals surface area contributed by atoms with Crippen LogP contribution in [0.15, 0.2) is 65.8 Å². The summed E-state index contributed by atoms with van der Waals surface area (Å²) >= 11 is 0. The molecule has 1 atom stereocenters. The van der Waals surface area contributed by atoms with E-state index in [-0.39, 0.29) is 6.04 Å². The Bertz CT molecular complexity index is 851. The summed E-state index contributed by atoms with van der Waals surface area (Å²) < 4.78 is 2.15.